The molecule has 0 amide bonds. The molecule has 0 N–H and O–H groups in total. The predicted octanol–water partition coefficient (Wildman–Crippen LogP) is 4.83. The fourth-order valence-electron chi connectivity index (χ4n) is 3.57. The van der Waals surface area contributed by atoms with Crippen LogP contribution < -0.4 is 0 Å². The summed E-state index contributed by atoms with van der Waals surface area (Å²) >= 11 is 0. The number of rotatable bonds is 7. The maximum atomic E-state index is 13.6. The number of alkyl halides is 3. The van der Waals surface area contributed by atoms with Gasteiger partial charge in [0.15, 0.2) is 0 Å². The van der Waals surface area contributed by atoms with Crippen LogP contribution in [-0.4, -0.2) is 42.1 Å². The second-order valence-electron chi connectivity index (χ2n) is 8.61. The zero-order chi connectivity index (χ0) is 22.5. The average molecular weight is 429 g/mol. The van der Waals surface area contributed by atoms with E-state index in [0.717, 1.165) is 12.5 Å². The Morgan fingerprint density at radius 3 is 2.50 bits per heavy atom. The zero-order valence-corrected chi connectivity index (χ0v) is 18.0. The summed E-state index contributed by atoms with van der Waals surface area (Å²) in [5.41, 5.74) is -1.32. The van der Waals surface area contributed by atoms with E-state index in [0.29, 0.717) is 25.9 Å². The fraction of sp³-hybridized carbons (Fsp3) is 0.636. The van der Waals surface area contributed by atoms with Crippen molar-refractivity contribution < 1.29 is 32.2 Å². The van der Waals surface area contributed by atoms with Gasteiger partial charge in [0.25, 0.3) is 0 Å². The number of hydrogen-bond acceptors (Lipinski definition) is 5. The number of hydrogen-bond donors (Lipinski definition) is 0. The minimum absolute atomic E-state index is 0.0976. The van der Waals surface area contributed by atoms with Gasteiger partial charge in [0, 0.05) is 19.5 Å². The summed E-state index contributed by atoms with van der Waals surface area (Å²) in [6.07, 6.45) is -2.78. The molecule has 1 saturated heterocycles. The fourth-order valence-corrected chi connectivity index (χ4v) is 3.57. The van der Waals surface area contributed by atoms with E-state index in [9.17, 15) is 22.8 Å². The van der Waals surface area contributed by atoms with Gasteiger partial charge in [0.2, 0.25) is 0 Å². The number of halogens is 3. The maximum Gasteiger partial charge on any atom is 0.416 e. The van der Waals surface area contributed by atoms with Gasteiger partial charge >= 0.3 is 18.1 Å². The van der Waals surface area contributed by atoms with E-state index in [1.54, 1.807) is 6.92 Å². The molecule has 30 heavy (non-hydrogen) atoms. The van der Waals surface area contributed by atoms with Crippen LogP contribution >= 0.6 is 0 Å². The van der Waals surface area contributed by atoms with Crippen LogP contribution in [0, 0.1) is 5.92 Å². The Labute approximate surface area is 175 Å². The van der Waals surface area contributed by atoms with Gasteiger partial charge in [-0.15, -0.1) is 0 Å². The van der Waals surface area contributed by atoms with Crippen molar-refractivity contribution in [3.63, 3.8) is 0 Å². The molecule has 0 spiro atoms. The molecule has 1 aromatic carbocycles. The average Bonchev–Trinajstić information content (AvgIpc) is 3.05. The lowest BCUT2D eigenvalue weighted by Crippen LogP contribution is -2.25. The minimum Gasteiger partial charge on any atom is -0.462 e. The molecule has 168 valence electrons. The summed E-state index contributed by atoms with van der Waals surface area (Å²) in [5, 5.41) is 0. The summed E-state index contributed by atoms with van der Waals surface area (Å²) in [4.78, 5) is 25.6. The second-order valence-corrected chi connectivity index (χ2v) is 8.61. The summed E-state index contributed by atoms with van der Waals surface area (Å²) in [5.74, 6) is -0.779. The molecule has 1 aliphatic heterocycles. The normalized spacial score (nSPS) is 17.8. The molecule has 0 radical (unpaired) electrons. The Morgan fingerprint density at radius 1 is 1.20 bits per heavy atom. The van der Waals surface area contributed by atoms with Crippen LogP contribution in [0.4, 0.5) is 13.2 Å². The van der Waals surface area contributed by atoms with E-state index in [2.05, 4.69) is 0 Å². The highest BCUT2D eigenvalue weighted by molar-refractivity contribution is 5.89. The van der Waals surface area contributed by atoms with Crippen molar-refractivity contribution in [2.45, 2.75) is 65.3 Å². The van der Waals surface area contributed by atoms with Gasteiger partial charge in [0.1, 0.15) is 5.60 Å². The van der Waals surface area contributed by atoms with Gasteiger partial charge in [-0.2, -0.15) is 13.2 Å². The van der Waals surface area contributed by atoms with Crippen LogP contribution in [0.15, 0.2) is 18.2 Å². The number of ether oxygens (including phenoxy) is 2. The topological polar surface area (TPSA) is 55.8 Å². The SMILES string of the molecule is CCOC(=O)c1ccc(CN2CC[C@@H](CCC(=O)OC(C)(C)C)C2)c(C(F)(F)F)c1. The molecule has 1 aliphatic rings. The lowest BCUT2D eigenvalue weighted by molar-refractivity contribution is -0.155. The number of nitrogens with zero attached hydrogens (tertiary/aromatic N) is 1. The largest absolute Gasteiger partial charge is 0.462 e. The molecular weight excluding hydrogens is 399 g/mol. The van der Waals surface area contributed by atoms with Gasteiger partial charge in [-0.3, -0.25) is 9.69 Å². The number of benzene rings is 1. The Kier molecular flexibility index (Phi) is 7.91. The van der Waals surface area contributed by atoms with Crippen LogP contribution in [0.3, 0.4) is 0 Å². The molecule has 1 atom stereocenters. The molecule has 2 rings (SSSR count). The Morgan fingerprint density at radius 2 is 1.90 bits per heavy atom. The van der Waals surface area contributed by atoms with Crippen molar-refractivity contribution in [1.29, 1.82) is 0 Å². The van der Waals surface area contributed by atoms with Gasteiger partial charge in [-0.05, 0) is 70.7 Å². The third-order valence-corrected chi connectivity index (χ3v) is 4.87. The summed E-state index contributed by atoms with van der Waals surface area (Å²) < 4.78 is 50.8. The third kappa shape index (κ3) is 7.31. The van der Waals surface area contributed by atoms with E-state index < -0.39 is 23.3 Å². The monoisotopic (exact) mass is 429 g/mol. The van der Waals surface area contributed by atoms with Gasteiger partial charge < -0.3 is 9.47 Å². The third-order valence-electron chi connectivity index (χ3n) is 4.87. The Bertz CT molecular complexity index is 756. The molecule has 0 aromatic heterocycles. The van der Waals surface area contributed by atoms with Crippen molar-refractivity contribution >= 4 is 11.9 Å². The molecule has 5 nitrogen and oxygen atoms in total. The number of esters is 2. The van der Waals surface area contributed by atoms with Crippen molar-refractivity contribution in [2.75, 3.05) is 19.7 Å². The predicted molar refractivity (Wildman–Crippen MR) is 106 cm³/mol. The first kappa shape index (κ1) is 24.2. The van der Waals surface area contributed by atoms with Crippen LogP contribution in [0.1, 0.15) is 68.4 Å². The first-order chi connectivity index (χ1) is 13.9. The molecule has 0 unspecified atom stereocenters. The molecule has 1 heterocycles. The standard InChI is InChI=1S/C22H30F3NO4/c1-5-29-20(28)16-7-8-17(18(12-16)22(23,24)25)14-26-11-10-15(13-26)6-9-19(27)30-21(2,3)4/h7-8,12,15H,5-6,9-11,13-14H2,1-4H3/t15-/m1/s1. The summed E-state index contributed by atoms with van der Waals surface area (Å²) in [6.45, 7) is 8.56. The summed E-state index contributed by atoms with van der Waals surface area (Å²) in [7, 11) is 0. The van der Waals surface area contributed by atoms with Crippen LogP contribution in [-0.2, 0) is 27.0 Å². The van der Waals surface area contributed by atoms with Gasteiger partial charge in [-0.1, -0.05) is 6.07 Å². The highest BCUT2D eigenvalue weighted by atomic mass is 19.4. The number of carbonyl (C=O) groups is 2. The van der Waals surface area contributed by atoms with Crippen molar-refractivity contribution in [2.24, 2.45) is 5.92 Å². The van der Waals surface area contributed by atoms with Crippen LogP contribution in [0.2, 0.25) is 0 Å². The second kappa shape index (κ2) is 9.81. The Hall–Kier alpha value is -2.09. The van der Waals surface area contributed by atoms with E-state index in [4.69, 9.17) is 9.47 Å². The molecule has 8 heteroatoms. The van der Waals surface area contributed by atoms with Gasteiger partial charge in [0.05, 0.1) is 17.7 Å². The summed E-state index contributed by atoms with van der Waals surface area (Å²) in [6, 6.07) is 3.59. The van der Waals surface area contributed by atoms with E-state index in [1.807, 2.05) is 25.7 Å². The number of likely N-dealkylation sites (tertiary alicyclic amines) is 1. The van der Waals surface area contributed by atoms with E-state index in [-0.39, 0.29) is 36.2 Å². The minimum atomic E-state index is -4.56. The molecular formula is C22H30F3NO4. The molecule has 1 aromatic rings. The van der Waals surface area contributed by atoms with Crippen molar-refractivity contribution in [3.05, 3.63) is 34.9 Å². The first-order valence-electron chi connectivity index (χ1n) is 10.2. The highest BCUT2D eigenvalue weighted by Gasteiger charge is 2.35. The smallest absolute Gasteiger partial charge is 0.416 e. The molecule has 0 aliphatic carbocycles. The molecule has 0 bridgehead atoms. The Balaban J connectivity index is 1.99. The first-order valence-corrected chi connectivity index (χ1v) is 10.2. The lowest BCUT2D eigenvalue weighted by atomic mass is 10.0. The van der Waals surface area contributed by atoms with Crippen molar-refractivity contribution in [1.82, 2.24) is 4.90 Å². The van der Waals surface area contributed by atoms with Crippen LogP contribution in [0.5, 0.6) is 0 Å². The number of carbonyl (C=O) groups excluding carboxylic acids is 2. The zero-order valence-electron chi connectivity index (χ0n) is 18.0. The highest BCUT2D eigenvalue weighted by Crippen LogP contribution is 2.34. The van der Waals surface area contributed by atoms with Crippen LogP contribution in [0.25, 0.3) is 0 Å². The molecule has 1 fully saturated rings. The quantitative estimate of drug-likeness (QED) is 0.582. The van der Waals surface area contributed by atoms with E-state index >= 15 is 0 Å². The molecule has 0 saturated carbocycles. The van der Waals surface area contributed by atoms with E-state index in [1.165, 1.54) is 12.1 Å². The van der Waals surface area contributed by atoms with Gasteiger partial charge in [-0.25, -0.2) is 4.79 Å². The van der Waals surface area contributed by atoms with Crippen molar-refractivity contribution in [3.8, 4) is 0 Å². The lowest BCUT2D eigenvalue weighted by Gasteiger charge is -2.21. The maximum absolute atomic E-state index is 13.6.